The molecular weight excluding hydrogens is 275 g/mol. The van der Waals surface area contributed by atoms with Gasteiger partial charge >= 0.3 is 0 Å². The Bertz CT molecular complexity index is 702. The zero-order chi connectivity index (χ0) is 15.6. The molecule has 110 valence electrons. The molecule has 0 amide bonds. The Balaban J connectivity index is 2.40. The molecule has 0 bridgehead atoms. The standard InChI is InChI=1S/C15H15FN2O3/c1-9-3-4-11(8-17)6-14(9)21-15-5-10(2)13(18(19)20)7-12(15)16/h3-7H,8,17H2,1-2H3. The number of halogens is 1. The van der Waals surface area contributed by atoms with Crippen molar-refractivity contribution in [3.05, 3.63) is 63.0 Å². The fourth-order valence-electron chi connectivity index (χ4n) is 1.92. The Morgan fingerprint density at radius 2 is 1.90 bits per heavy atom. The monoisotopic (exact) mass is 290 g/mol. The number of nitrogens with two attached hydrogens (primary N) is 1. The van der Waals surface area contributed by atoms with Crippen LogP contribution < -0.4 is 10.5 Å². The topological polar surface area (TPSA) is 78.4 Å². The molecule has 0 fully saturated rings. The van der Waals surface area contributed by atoms with Crippen LogP contribution in [0.15, 0.2) is 30.3 Å². The molecule has 0 spiro atoms. The first-order valence-electron chi connectivity index (χ1n) is 6.34. The minimum atomic E-state index is -0.773. The maximum absolute atomic E-state index is 13.9. The normalized spacial score (nSPS) is 10.5. The number of nitrogens with zero attached hydrogens (tertiary/aromatic N) is 1. The molecule has 0 radical (unpaired) electrons. The fourth-order valence-corrected chi connectivity index (χ4v) is 1.92. The van der Waals surface area contributed by atoms with Crippen molar-refractivity contribution in [3.8, 4) is 11.5 Å². The number of aryl methyl sites for hydroxylation is 2. The fraction of sp³-hybridized carbons (Fsp3) is 0.200. The van der Waals surface area contributed by atoms with Crippen molar-refractivity contribution in [2.24, 2.45) is 5.73 Å². The van der Waals surface area contributed by atoms with Crippen LogP contribution >= 0.6 is 0 Å². The SMILES string of the molecule is Cc1ccc(CN)cc1Oc1cc(C)c([N+](=O)[O-])cc1F. The van der Waals surface area contributed by atoms with E-state index in [9.17, 15) is 14.5 Å². The van der Waals surface area contributed by atoms with Crippen molar-refractivity contribution in [2.75, 3.05) is 0 Å². The summed E-state index contributed by atoms with van der Waals surface area (Å²) in [5.41, 5.74) is 7.31. The third-order valence-electron chi connectivity index (χ3n) is 3.16. The second kappa shape index (κ2) is 5.88. The highest BCUT2D eigenvalue weighted by Crippen LogP contribution is 2.32. The predicted octanol–water partition coefficient (Wildman–Crippen LogP) is 3.60. The van der Waals surface area contributed by atoms with Gasteiger partial charge in [0.1, 0.15) is 5.75 Å². The number of nitro groups is 1. The van der Waals surface area contributed by atoms with Gasteiger partial charge in [0.2, 0.25) is 0 Å². The van der Waals surface area contributed by atoms with Crippen molar-refractivity contribution in [2.45, 2.75) is 20.4 Å². The molecule has 2 aromatic rings. The third kappa shape index (κ3) is 3.17. The molecule has 0 heterocycles. The van der Waals surface area contributed by atoms with Gasteiger partial charge in [-0.05, 0) is 37.1 Å². The van der Waals surface area contributed by atoms with Crippen LogP contribution in [0.3, 0.4) is 0 Å². The van der Waals surface area contributed by atoms with Gasteiger partial charge in [0.05, 0.1) is 11.0 Å². The molecule has 0 aliphatic heterocycles. The van der Waals surface area contributed by atoms with Crippen LogP contribution in [0, 0.1) is 29.8 Å². The Morgan fingerprint density at radius 1 is 1.19 bits per heavy atom. The highest BCUT2D eigenvalue weighted by molar-refractivity contribution is 5.48. The molecular formula is C15H15FN2O3. The van der Waals surface area contributed by atoms with Gasteiger partial charge in [0.15, 0.2) is 11.6 Å². The number of benzene rings is 2. The first-order valence-corrected chi connectivity index (χ1v) is 6.34. The quantitative estimate of drug-likeness (QED) is 0.689. The van der Waals surface area contributed by atoms with Gasteiger partial charge in [0, 0.05) is 12.1 Å². The summed E-state index contributed by atoms with van der Waals surface area (Å²) in [4.78, 5) is 10.1. The van der Waals surface area contributed by atoms with E-state index in [1.54, 1.807) is 6.07 Å². The van der Waals surface area contributed by atoms with E-state index >= 15 is 0 Å². The van der Waals surface area contributed by atoms with Crippen molar-refractivity contribution >= 4 is 5.69 Å². The summed E-state index contributed by atoms with van der Waals surface area (Å²) < 4.78 is 19.5. The molecule has 0 saturated carbocycles. The summed E-state index contributed by atoms with van der Waals surface area (Å²) in [6.07, 6.45) is 0. The number of rotatable bonds is 4. The first kappa shape index (κ1) is 14.9. The van der Waals surface area contributed by atoms with E-state index in [4.69, 9.17) is 10.5 Å². The van der Waals surface area contributed by atoms with Crippen LogP contribution in [0.4, 0.5) is 10.1 Å². The molecule has 0 unspecified atom stereocenters. The van der Waals surface area contributed by atoms with Gasteiger partial charge in [-0.15, -0.1) is 0 Å². The van der Waals surface area contributed by atoms with E-state index < -0.39 is 10.7 Å². The first-order chi connectivity index (χ1) is 9.92. The molecule has 21 heavy (non-hydrogen) atoms. The zero-order valence-corrected chi connectivity index (χ0v) is 11.7. The van der Waals surface area contributed by atoms with Crippen LogP contribution in [-0.2, 0) is 6.54 Å². The van der Waals surface area contributed by atoms with Gasteiger partial charge in [-0.2, -0.15) is 0 Å². The van der Waals surface area contributed by atoms with E-state index in [-0.39, 0.29) is 11.4 Å². The van der Waals surface area contributed by atoms with Crippen LogP contribution in [0.5, 0.6) is 11.5 Å². The summed E-state index contributed by atoms with van der Waals surface area (Å²) >= 11 is 0. The molecule has 0 aromatic heterocycles. The van der Waals surface area contributed by atoms with Crippen molar-refractivity contribution < 1.29 is 14.1 Å². The van der Waals surface area contributed by atoms with Gasteiger partial charge in [-0.1, -0.05) is 12.1 Å². The third-order valence-corrected chi connectivity index (χ3v) is 3.16. The second-order valence-electron chi connectivity index (χ2n) is 4.73. The van der Waals surface area contributed by atoms with Crippen molar-refractivity contribution in [1.29, 1.82) is 0 Å². The highest BCUT2D eigenvalue weighted by atomic mass is 19.1. The molecule has 0 aliphatic carbocycles. The van der Waals surface area contributed by atoms with Crippen LogP contribution in [0.1, 0.15) is 16.7 Å². The lowest BCUT2D eigenvalue weighted by molar-refractivity contribution is -0.385. The number of hydrogen-bond acceptors (Lipinski definition) is 4. The van der Waals surface area contributed by atoms with E-state index in [1.807, 2.05) is 19.1 Å². The molecule has 2 rings (SSSR count). The molecule has 6 heteroatoms. The number of hydrogen-bond donors (Lipinski definition) is 1. The van der Waals surface area contributed by atoms with E-state index in [1.165, 1.54) is 13.0 Å². The largest absolute Gasteiger partial charge is 0.454 e. The van der Waals surface area contributed by atoms with Gasteiger partial charge in [0.25, 0.3) is 5.69 Å². The Morgan fingerprint density at radius 3 is 2.52 bits per heavy atom. The summed E-state index contributed by atoms with van der Waals surface area (Å²) in [5, 5.41) is 10.8. The highest BCUT2D eigenvalue weighted by Gasteiger charge is 2.17. The molecule has 2 N–H and O–H groups in total. The lowest BCUT2D eigenvalue weighted by atomic mass is 10.1. The Hall–Kier alpha value is -2.47. The molecule has 0 aliphatic rings. The van der Waals surface area contributed by atoms with Crippen molar-refractivity contribution in [1.82, 2.24) is 0 Å². The van der Waals surface area contributed by atoms with E-state index in [0.29, 0.717) is 17.9 Å². The Kier molecular flexibility index (Phi) is 4.18. The minimum Gasteiger partial charge on any atom is -0.454 e. The maximum Gasteiger partial charge on any atom is 0.275 e. The van der Waals surface area contributed by atoms with Crippen LogP contribution in [0.2, 0.25) is 0 Å². The summed E-state index contributed by atoms with van der Waals surface area (Å²) in [5.74, 6) is -0.342. The average Bonchev–Trinajstić information content (AvgIpc) is 2.44. The van der Waals surface area contributed by atoms with Gasteiger partial charge < -0.3 is 10.5 Å². The van der Waals surface area contributed by atoms with Crippen molar-refractivity contribution in [3.63, 3.8) is 0 Å². The lowest BCUT2D eigenvalue weighted by Crippen LogP contribution is -1.99. The molecule has 2 aromatic carbocycles. The molecule has 0 atom stereocenters. The van der Waals surface area contributed by atoms with E-state index in [0.717, 1.165) is 17.2 Å². The summed E-state index contributed by atoms with van der Waals surface area (Å²) in [6.45, 7) is 3.71. The number of ether oxygens (including phenoxy) is 1. The molecule has 5 nitrogen and oxygen atoms in total. The van der Waals surface area contributed by atoms with Gasteiger partial charge in [-0.3, -0.25) is 10.1 Å². The summed E-state index contributed by atoms with van der Waals surface area (Å²) in [6, 6.07) is 7.60. The Labute approximate surface area is 121 Å². The van der Waals surface area contributed by atoms with E-state index in [2.05, 4.69) is 0 Å². The van der Waals surface area contributed by atoms with Gasteiger partial charge in [-0.25, -0.2) is 4.39 Å². The number of nitro benzene ring substituents is 1. The van der Waals surface area contributed by atoms with Crippen LogP contribution in [-0.4, -0.2) is 4.92 Å². The second-order valence-corrected chi connectivity index (χ2v) is 4.73. The minimum absolute atomic E-state index is 0.0460. The lowest BCUT2D eigenvalue weighted by Gasteiger charge is -2.11. The van der Waals surface area contributed by atoms with Crippen LogP contribution in [0.25, 0.3) is 0 Å². The summed E-state index contributed by atoms with van der Waals surface area (Å²) in [7, 11) is 0. The molecule has 0 saturated heterocycles. The smallest absolute Gasteiger partial charge is 0.275 e. The average molecular weight is 290 g/mol. The predicted molar refractivity (Wildman–Crippen MR) is 76.9 cm³/mol. The zero-order valence-electron chi connectivity index (χ0n) is 11.7. The maximum atomic E-state index is 13.9.